The lowest BCUT2D eigenvalue weighted by molar-refractivity contribution is -0.161. The molecular formula is C42H78O16P2. The number of rotatable bonds is 38. The van der Waals surface area contributed by atoms with Crippen LogP contribution in [0, 0.1) is 11.8 Å². The van der Waals surface area contributed by atoms with Crippen LogP contribution in [0.2, 0.25) is 0 Å². The Hall–Kier alpha value is -1.52. The molecule has 18 heteroatoms. The maximum atomic E-state index is 12.8. The second-order valence-electron chi connectivity index (χ2n) is 15.9. The Kier molecular flexibility index (Phi) is 32.0. The highest BCUT2D eigenvalue weighted by Gasteiger charge is 2.39. The summed E-state index contributed by atoms with van der Waals surface area (Å²) >= 11 is 0. The number of ether oxygens (including phenoxy) is 2. The summed E-state index contributed by atoms with van der Waals surface area (Å²) in [5, 5.41) is 41.1. The molecule has 1 aliphatic carbocycles. The minimum Gasteiger partial charge on any atom is -0.462 e. The third-order valence-corrected chi connectivity index (χ3v) is 11.8. The van der Waals surface area contributed by atoms with Crippen molar-refractivity contribution in [1.29, 1.82) is 0 Å². The third kappa shape index (κ3) is 30.5. The van der Waals surface area contributed by atoms with E-state index in [-0.39, 0.29) is 31.1 Å². The molecule has 60 heavy (non-hydrogen) atoms. The monoisotopic (exact) mass is 900 g/mol. The van der Waals surface area contributed by atoms with E-state index in [1.165, 1.54) is 57.8 Å². The number of aliphatic hydroxyl groups excluding tert-OH is 4. The van der Waals surface area contributed by atoms with E-state index in [1.807, 2.05) is 12.2 Å². The number of aliphatic hydroxyl groups is 4. The van der Waals surface area contributed by atoms with Gasteiger partial charge in [0.2, 0.25) is 0 Å². The maximum Gasteiger partial charge on any atom is 0.472 e. The first-order valence-corrected chi connectivity index (χ1v) is 25.3. The molecule has 1 fully saturated rings. The minimum absolute atomic E-state index is 0.0428. The molecule has 7 N–H and O–H groups in total. The largest absolute Gasteiger partial charge is 0.472 e. The zero-order valence-electron chi connectivity index (χ0n) is 36.1. The molecule has 0 saturated heterocycles. The van der Waals surface area contributed by atoms with Gasteiger partial charge in [-0.15, -0.1) is 0 Å². The molecule has 16 nitrogen and oxygen atoms in total. The predicted molar refractivity (Wildman–Crippen MR) is 227 cm³/mol. The molecular weight excluding hydrogens is 822 g/mol. The van der Waals surface area contributed by atoms with Gasteiger partial charge in [-0.1, -0.05) is 134 Å². The molecule has 0 spiro atoms. The van der Waals surface area contributed by atoms with E-state index in [0.29, 0.717) is 32.1 Å². The Balaban J connectivity index is 2.58. The quantitative estimate of drug-likeness (QED) is 0.0137. The molecule has 0 amide bonds. The van der Waals surface area contributed by atoms with Crippen molar-refractivity contribution in [1.82, 2.24) is 0 Å². The standard InChI is InChI=1S/C42H78O16P2/c1-3-5-7-8-9-10-11-12-13-14-15-16-21-25-41(47)54-32-36(33-57-60(52,53)56-31-35(44)30-55-59(49,50)51)58-42(48)26-22-18-17-20-24-37-38(40(46)29-39(37)45)28-27-34(43)23-19-6-4-2/h17,20,27-28,34-40,43-46H,3-16,18-19,21-26,29-33H2,1-2H3,(H,52,53)(H2,49,50,51)/b20-17+,28-27+/t34-,35-,36+,37+,38+,39-,40+/m0/s1. The van der Waals surface area contributed by atoms with E-state index in [0.717, 1.165) is 38.5 Å². The lowest BCUT2D eigenvalue weighted by Crippen LogP contribution is -2.29. The number of unbranched alkanes of at least 4 members (excludes halogenated alkanes) is 15. The summed E-state index contributed by atoms with van der Waals surface area (Å²) in [6, 6.07) is 0. The van der Waals surface area contributed by atoms with Crippen LogP contribution in [0.15, 0.2) is 24.3 Å². The number of carbonyl (C=O) groups excluding carboxylic acids is 2. The van der Waals surface area contributed by atoms with E-state index in [1.54, 1.807) is 12.2 Å². The normalized spacial score (nSPS) is 21.0. The van der Waals surface area contributed by atoms with Gasteiger partial charge in [-0.05, 0) is 38.0 Å². The second-order valence-corrected chi connectivity index (χ2v) is 18.6. The number of hydrogen-bond acceptors (Lipinski definition) is 13. The number of allylic oxidation sites excluding steroid dienone is 2. The van der Waals surface area contributed by atoms with Crippen molar-refractivity contribution < 1.29 is 76.9 Å². The first-order valence-electron chi connectivity index (χ1n) is 22.3. The topological polar surface area (TPSA) is 256 Å². The van der Waals surface area contributed by atoms with Crippen molar-refractivity contribution in [2.45, 2.75) is 192 Å². The van der Waals surface area contributed by atoms with Crippen molar-refractivity contribution in [2.75, 3.05) is 26.4 Å². The molecule has 0 heterocycles. The smallest absolute Gasteiger partial charge is 0.462 e. The van der Waals surface area contributed by atoms with Gasteiger partial charge in [0.1, 0.15) is 12.7 Å². The third-order valence-electron chi connectivity index (χ3n) is 10.4. The Bertz CT molecular complexity index is 1280. The molecule has 0 radical (unpaired) electrons. The highest BCUT2D eigenvalue weighted by atomic mass is 31.2. The molecule has 0 bridgehead atoms. The number of carbonyl (C=O) groups is 2. The first kappa shape index (κ1) is 56.5. The Labute approximate surface area is 358 Å². The fraction of sp³-hybridized carbons (Fsp3) is 0.857. The van der Waals surface area contributed by atoms with E-state index >= 15 is 0 Å². The zero-order chi connectivity index (χ0) is 44.7. The van der Waals surface area contributed by atoms with Crippen LogP contribution >= 0.6 is 15.6 Å². The van der Waals surface area contributed by atoms with Crippen molar-refractivity contribution in [3.8, 4) is 0 Å². The summed E-state index contributed by atoms with van der Waals surface area (Å²) in [5.74, 6) is -1.73. The first-order chi connectivity index (χ1) is 28.6. The van der Waals surface area contributed by atoms with Gasteiger partial charge in [-0.3, -0.25) is 23.2 Å². The number of esters is 2. The number of phosphoric acid groups is 2. The van der Waals surface area contributed by atoms with Crippen molar-refractivity contribution in [3.63, 3.8) is 0 Å². The van der Waals surface area contributed by atoms with Gasteiger partial charge < -0.3 is 44.6 Å². The van der Waals surface area contributed by atoms with Crippen molar-refractivity contribution >= 4 is 27.6 Å². The minimum atomic E-state index is -4.89. The maximum absolute atomic E-state index is 12.8. The Morgan fingerprint density at radius 3 is 1.83 bits per heavy atom. The summed E-state index contributed by atoms with van der Waals surface area (Å²) in [4.78, 5) is 52.9. The molecule has 0 aromatic carbocycles. The van der Waals surface area contributed by atoms with Crippen LogP contribution in [0.4, 0.5) is 0 Å². The van der Waals surface area contributed by atoms with Crippen LogP contribution in [0.3, 0.4) is 0 Å². The zero-order valence-corrected chi connectivity index (χ0v) is 37.9. The number of phosphoric ester groups is 2. The van der Waals surface area contributed by atoms with E-state index in [4.69, 9.17) is 23.8 Å². The molecule has 8 atom stereocenters. The number of hydrogen-bond donors (Lipinski definition) is 7. The van der Waals surface area contributed by atoms with Crippen molar-refractivity contribution in [2.24, 2.45) is 11.8 Å². The van der Waals surface area contributed by atoms with Gasteiger partial charge in [0.15, 0.2) is 6.10 Å². The van der Waals surface area contributed by atoms with E-state index < -0.39 is 84.5 Å². The second kappa shape index (κ2) is 34.0. The van der Waals surface area contributed by atoms with Gasteiger partial charge in [0.05, 0.1) is 38.1 Å². The lowest BCUT2D eigenvalue weighted by Gasteiger charge is -2.20. The van der Waals surface area contributed by atoms with E-state index in [2.05, 4.69) is 22.9 Å². The van der Waals surface area contributed by atoms with Crippen molar-refractivity contribution in [3.05, 3.63) is 24.3 Å². The van der Waals surface area contributed by atoms with Gasteiger partial charge in [0, 0.05) is 25.2 Å². The van der Waals surface area contributed by atoms with Gasteiger partial charge in [-0.25, -0.2) is 9.13 Å². The summed E-state index contributed by atoms with van der Waals surface area (Å²) in [6.45, 7) is 1.39. The predicted octanol–water partition coefficient (Wildman–Crippen LogP) is 7.50. The Morgan fingerprint density at radius 1 is 0.667 bits per heavy atom. The van der Waals surface area contributed by atoms with Crippen LogP contribution < -0.4 is 0 Å². The molecule has 1 unspecified atom stereocenters. The average molecular weight is 901 g/mol. The van der Waals surface area contributed by atoms with Gasteiger partial charge in [-0.2, -0.15) is 0 Å². The fourth-order valence-corrected chi connectivity index (χ4v) is 8.09. The highest BCUT2D eigenvalue weighted by Crippen LogP contribution is 2.44. The highest BCUT2D eigenvalue weighted by molar-refractivity contribution is 7.47. The van der Waals surface area contributed by atoms with E-state index in [9.17, 15) is 44.0 Å². The molecule has 1 aliphatic rings. The summed E-state index contributed by atoms with van der Waals surface area (Å²) in [7, 11) is -9.77. The summed E-state index contributed by atoms with van der Waals surface area (Å²) < 4.78 is 47.8. The lowest BCUT2D eigenvalue weighted by atomic mass is 9.89. The van der Waals surface area contributed by atoms with Crippen LogP contribution in [0.5, 0.6) is 0 Å². The fourth-order valence-electron chi connectivity index (χ4n) is 6.93. The SMILES string of the molecule is CCCCCCCCCCCCCCCC(=O)OC[C@H](COP(=O)(O)OC[C@@H](O)COP(=O)(O)O)OC(=O)CCC/C=C/C[C@@H]1[C@@H](/C=C/[C@@H](O)CCCCC)[C@H](O)C[C@@H]1O. The average Bonchev–Trinajstić information content (AvgIpc) is 3.46. The van der Waals surface area contributed by atoms with Gasteiger partial charge >= 0.3 is 27.6 Å². The van der Waals surface area contributed by atoms with Crippen LogP contribution in [0.1, 0.15) is 162 Å². The summed E-state index contributed by atoms with van der Waals surface area (Å²) in [5.41, 5.74) is 0. The molecule has 1 saturated carbocycles. The molecule has 0 aromatic rings. The summed E-state index contributed by atoms with van der Waals surface area (Å²) in [6.07, 6.45) is 22.7. The van der Waals surface area contributed by atoms with Crippen LogP contribution in [0.25, 0.3) is 0 Å². The van der Waals surface area contributed by atoms with Gasteiger partial charge in [0.25, 0.3) is 0 Å². The Morgan fingerprint density at radius 2 is 1.22 bits per heavy atom. The van der Waals surface area contributed by atoms with Crippen LogP contribution in [-0.4, -0.2) is 104 Å². The molecule has 1 rings (SSSR count). The van der Waals surface area contributed by atoms with Crippen LogP contribution in [-0.2, 0) is 41.8 Å². The molecule has 0 aromatic heterocycles. The molecule has 0 aliphatic heterocycles. The molecule has 352 valence electrons.